The Hall–Kier alpha value is -0.920. The van der Waals surface area contributed by atoms with Gasteiger partial charge < -0.3 is 0 Å². The van der Waals surface area contributed by atoms with Gasteiger partial charge in [0.2, 0.25) is 0 Å². The highest BCUT2D eigenvalue weighted by atomic mass is 16.1. The van der Waals surface area contributed by atoms with Gasteiger partial charge in [-0.05, 0) is 67.3 Å². The zero-order chi connectivity index (χ0) is 14.8. The van der Waals surface area contributed by atoms with Crippen LogP contribution in [-0.4, -0.2) is 11.6 Å². The van der Waals surface area contributed by atoms with E-state index in [-0.39, 0.29) is 5.41 Å². The Morgan fingerprint density at radius 1 is 1.10 bits per heavy atom. The molecule has 4 aliphatic rings. The summed E-state index contributed by atoms with van der Waals surface area (Å²) in [6.45, 7) is 4.64. The highest BCUT2D eigenvalue weighted by Crippen LogP contribution is 2.63. The van der Waals surface area contributed by atoms with E-state index in [4.69, 9.17) is 0 Å². The summed E-state index contributed by atoms with van der Waals surface area (Å²) in [6, 6.07) is 0. The monoisotopic (exact) mass is 286 g/mol. The Bertz CT molecular complexity index is 534. The van der Waals surface area contributed by atoms with Gasteiger partial charge in [-0.1, -0.05) is 19.9 Å². The highest BCUT2D eigenvalue weighted by molar-refractivity contribution is 5.97. The molecular weight excluding hydrogens is 260 g/mol. The van der Waals surface area contributed by atoms with E-state index in [2.05, 4.69) is 19.9 Å². The molecule has 0 heterocycles. The molecule has 0 spiro atoms. The van der Waals surface area contributed by atoms with E-state index in [0.717, 1.165) is 31.6 Å². The topological polar surface area (TPSA) is 34.1 Å². The van der Waals surface area contributed by atoms with Crippen molar-refractivity contribution in [2.75, 3.05) is 0 Å². The van der Waals surface area contributed by atoms with E-state index in [1.165, 1.54) is 19.3 Å². The molecule has 0 radical (unpaired) electrons. The standard InChI is InChI=1S/C19H26O2/c1-18-9-7-13(20)11-12(18)3-4-14-15-5-6-17(21)19(15,2)10-8-16(14)18/h5-6,12,14-16H,3-4,7-11H2,1-2H3/t12?,14-,15-,16+,18-,19-/m0/s1. The van der Waals surface area contributed by atoms with Crippen LogP contribution < -0.4 is 0 Å². The van der Waals surface area contributed by atoms with Crippen LogP contribution in [-0.2, 0) is 9.59 Å². The number of hydrogen-bond donors (Lipinski definition) is 0. The molecule has 2 nitrogen and oxygen atoms in total. The Kier molecular flexibility index (Phi) is 2.81. The van der Waals surface area contributed by atoms with Crippen molar-refractivity contribution in [3.05, 3.63) is 12.2 Å². The van der Waals surface area contributed by atoms with Gasteiger partial charge in [-0.2, -0.15) is 0 Å². The van der Waals surface area contributed by atoms with Gasteiger partial charge in [0.15, 0.2) is 5.78 Å². The lowest BCUT2D eigenvalue weighted by Gasteiger charge is -2.59. The van der Waals surface area contributed by atoms with Gasteiger partial charge in [-0.25, -0.2) is 0 Å². The molecule has 3 saturated carbocycles. The fraction of sp³-hybridized carbons (Fsp3) is 0.789. The minimum Gasteiger partial charge on any atom is -0.300 e. The van der Waals surface area contributed by atoms with E-state index in [1.807, 2.05) is 6.08 Å². The largest absolute Gasteiger partial charge is 0.300 e. The van der Waals surface area contributed by atoms with Crippen molar-refractivity contribution in [1.82, 2.24) is 0 Å². The molecule has 114 valence electrons. The Labute approximate surface area is 127 Å². The van der Waals surface area contributed by atoms with Crippen LogP contribution >= 0.6 is 0 Å². The van der Waals surface area contributed by atoms with E-state index in [9.17, 15) is 9.59 Å². The normalized spacial score (nSPS) is 52.3. The molecule has 0 N–H and O–H groups in total. The molecule has 0 aromatic rings. The van der Waals surface area contributed by atoms with Crippen LogP contribution in [0.25, 0.3) is 0 Å². The summed E-state index contributed by atoms with van der Waals surface area (Å²) >= 11 is 0. The van der Waals surface area contributed by atoms with Gasteiger partial charge >= 0.3 is 0 Å². The first-order chi connectivity index (χ1) is 9.95. The Balaban J connectivity index is 1.67. The third-order valence-corrected chi connectivity index (χ3v) is 7.75. The summed E-state index contributed by atoms with van der Waals surface area (Å²) in [5.41, 5.74) is 0.229. The highest BCUT2D eigenvalue weighted by Gasteiger charge is 2.58. The van der Waals surface area contributed by atoms with E-state index >= 15 is 0 Å². The summed E-state index contributed by atoms with van der Waals surface area (Å²) < 4.78 is 0. The van der Waals surface area contributed by atoms with Gasteiger partial charge in [-0.3, -0.25) is 9.59 Å². The molecule has 4 rings (SSSR count). The van der Waals surface area contributed by atoms with Crippen LogP contribution in [0.3, 0.4) is 0 Å². The maximum atomic E-state index is 12.3. The molecule has 6 atom stereocenters. The van der Waals surface area contributed by atoms with Crippen molar-refractivity contribution in [1.29, 1.82) is 0 Å². The molecule has 4 aliphatic carbocycles. The molecule has 0 amide bonds. The average molecular weight is 286 g/mol. The lowest BCUT2D eigenvalue weighted by molar-refractivity contribution is -0.142. The predicted molar refractivity (Wildman–Crippen MR) is 81.6 cm³/mol. The van der Waals surface area contributed by atoms with Crippen LogP contribution in [0.4, 0.5) is 0 Å². The van der Waals surface area contributed by atoms with Gasteiger partial charge in [0.1, 0.15) is 5.78 Å². The molecule has 2 heteroatoms. The number of rotatable bonds is 0. The fourth-order valence-electron chi connectivity index (χ4n) is 6.32. The van der Waals surface area contributed by atoms with Crippen molar-refractivity contribution >= 4 is 11.6 Å². The van der Waals surface area contributed by atoms with E-state index in [1.54, 1.807) is 0 Å². The van der Waals surface area contributed by atoms with Crippen LogP contribution in [0.5, 0.6) is 0 Å². The molecule has 1 unspecified atom stereocenters. The third kappa shape index (κ3) is 1.71. The fourth-order valence-corrected chi connectivity index (χ4v) is 6.32. The molecular formula is C19H26O2. The van der Waals surface area contributed by atoms with Crippen molar-refractivity contribution in [3.8, 4) is 0 Å². The number of Topliss-reactive ketones (excluding diaryl/α,β-unsaturated/α-hetero) is 1. The van der Waals surface area contributed by atoms with Crippen molar-refractivity contribution in [3.63, 3.8) is 0 Å². The molecule has 0 aromatic heterocycles. The first-order valence-corrected chi connectivity index (χ1v) is 8.69. The van der Waals surface area contributed by atoms with Crippen molar-refractivity contribution < 1.29 is 9.59 Å². The SMILES string of the molecule is C[C@]12CCC(=O)CC1CC[C@@H]1[C@H]2CC[C@]2(C)C(=O)C=C[C@@H]12. The van der Waals surface area contributed by atoms with Crippen molar-refractivity contribution in [2.45, 2.75) is 58.8 Å². The maximum absolute atomic E-state index is 12.3. The van der Waals surface area contributed by atoms with Gasteiger partial charge in [0.25, 0.3) is 0 Å². The second-order valence-electron chi connectivity index (χ2n) is 8.50. The molecule has 0 aromatic carbocycles. The van der Waals surface area contributed by atoms with Crippen LogP contribution in [0, 0.1) is 34.5 Å². The van der Waals surface area contributed by atoms with Crippen LogP contribution in [0.15, 0.2) is 12.2 Å². The smallest absolute Gasteiger partial charge is 0.161 e. The predicted octanol–water partition coefficient (Wildman–Crippen LogP) is 3.94. The molecule has 0 saturated heterocycles. The minimum absolute atomic E-state index is 0.116. The second-order valence-corrected chi connectivity index (χ2v) is 8.50. The zero-order valence-corrected chi connectivity index (χ0v) is 13.2. The maximum Gasteiger partial charge on any atom is 0.161 e. The molecule has 3 fully saturated rings. The number of hydrogen-bond acceptors (Lipinski definition) is 2. The first-order valence-electron chi connectivity index (χ1n) is 8.69. The number of allylic oxidation sites excluding steroid dienone is 2. The molecule has 21 heavy (non-hydrogen) atoms. The molecule has 0 bridgehead atoms. The van der Waals surface area contributed by atoms with Crippen LogP contribution in [0.1, 0.15) is 58.8 Å². The Morgan fingerprint density at radius 3 is 2.71 bits per heavy atom. The summed E-state index contributed by atoms with van der Waals surface area (Å²) in [4.78, 5) is 24.1. The van der Waals surface area contributed by atoms with Gasteiger partial charge in [0.05, 0.1) is 0 Å². The van der Waals surface area contributed by atoms with Gasteiger partial charge in [0, 0.05) is 18.3 Å². The van der Waals surface area contributed by atoms with E-state index < -0.39 is 0 Å². The number of carbonyl (C=O) groups is 2. The average Bonchev–Trinajstić information content (AvgIpc) is 2.76. The summed E-state index contributed by atoms with van der Waals surface area (Å²) in [5, 5.41) is 0. The summed E-state index contributed by atoms with van der Waals surface area (Å²) in [5.74, 6) is 3.29. The zero-order valence-electron chi connectivity index (χ0n) is 13.2. The van der Waals surface area contributed by atoms with E-state index in [0.29, 0.717) is 34.7 Å². The third-order valence-electron chi connectivity index (χ3n) is 7.75. The quantitative estimate of drug-likeness (QED) is 0.676. The minimum atomic E-state index is -0.116. The number of ketones is 2. The second kappa shape index (κ2) is 4.30. The summed E-state index contributed by atoms with van der Waals surface area (Å²) in [6.07, 6.45) is 11.4. The molecule has 0 aliphatic heterocycles. The van der Waals surface area contributed by atoms with Crippen LogP contribution in [0.2, 0.25) is 0 Å². The lowest BCUT2D eigenvalue weighted by Crippen LogP contribution is -2.53. The number of fused-ring (bicyclic) bond motifs is 5. The van der Waals surface area contributed by atoms with Crippen molar-refractivity contribution in [2.24, 2.45) is 34.5 Å². The Morgan fingerprint density at radius 2 is 1.90 bits per heavy atom. The summed E-state index contributed by atoms with van der Waals surface area (Å²) in [7, 11) is 0. The van der Waals surface area contributed by atoms with Gasteiger partial charge in [-0.15, -0.1) is 0 Å². The lowest BCUT2D eigenvalue weighted by atomic mass is 9.45. The first kappa shape index (κ1) is 13.7. The number of carbonyl (C=O) groups excluding carboxylic acids is 2.